The van der Waals surface area contributed by atoms with E-state index in [1.54, 1.807) is 11.0 Å². The summed E-state index contributed by atoms with van der Waals surface area (Å²) in [6.45, 7) is 2.97. The van der Waals surface area contributed by atoms with Gasteiger partial charge in [-0.2, -0.15) is 5.10 Å². The summed E-state index contributed by atoms with van der Waals surface area (Å²) in [5.74, 6) is 1.37. The molecule has 0 aliphatic heterocycles. The van der Waals surface area contributed by atoms with Crippen molar-refractivity contribution in [3.8, 4) is 17.1 Å². The highest BCUT2D eigenvalue weighted by Gasteiger charge is 2.06. The number of aromatic nitrogens is 3. The number of ether oxygens (including phenoxy) is 2. The smallest absolute Gasteiger partial charge is 0.181 e. The number of aryl methyl sites for hydroxylation is 1. The van der Waals surface area contributed by atoms with Crippen molar-refractivity contribution in [2.75, 3.05) is 19.8 Å². The normalized spacial score (nSPS) is 12.3. The zero-order valence-electron chi connectivity index (χ0n) is 11.7. The Morgan fingerprint density at radius 3 is 2.60 bits per heavy atom. The molecule has 1 N–H and O–H groups in total. The summed E-state index contributed by atoms with van der Waals surface area (Å²) in [5.41, 5.74) is 0.924. The van der Waals surface area contributed by atoms with E-state index >= 15 is 0 Å². The molecule has 0 fully saturated rings. The van der Waals surface area contributed by atoms with Gasteiger partial charge in [0.1, 0.15) is 24.8 Å². The maximum absolute atomic E-state index is 9.60. The minimum Gasteiger partial charge on any atom is -0.491 e. The minimum atomic E-state index is -0.618. The van der Waals surface area contributed by atoms with Crippen LogP contribution in [0.5, 0.6) is 5.75 Å². The summed E-state index contributed by atoms with van der Waals surface area (Å²) in [4.78, 5) is 4.18. The van der Waals surface area contributed by atoms with E-state index in [4.69, 9.17) is 9.47 Å². The predicted molar refractivity (Wildman–Crippen MR) is 74.4 cm³/mol. The molecule has 1 aromatic carbocycles. The minimum absolute atomic E-state index is 0.210. The van der Waals surface area contributed by atoms with Crippen LogP contribution < -0.4 is 4.74 Å². The van der Waals surface area contributed by atoms with Gasteiger partial charge in [-0.05, 0) is 31.2 Å². The third-order valence-corrected chi connectivity index (χ3v) is 2.67. The number of aliphatic hydroxyl groups is 1. The molecule has 0 saturated carbocycles. The molecule has 6 nitrogen and oxygen atoms in total. The molecule has 2 aromatic rings. The Bertz CT molecular complexity index is 525. The van der Waals surface area contributed by atoms with Crippen LogP contribution in [0.4, 0.5) is 0 Å². The first-order valence-electron chi connectivity index (χ1n) is 6.53. The lowest BCUT2D eigenvalue weighted by atomic mass is 10.2. The molecule has 0 unspecified atom stereocenters. The average molecular weight is 277 g/mol. The highest BCUT2D eigenvalue weighted by molar-refractivity contribution is 5.55. The number of hydrogen-bond acceptors (Lipinski definition) is 5. The fourth-order valence-electron chi connectivity index (χ4n) is 1.67. The Kier molecular flexibility index (Phi) is 5.09. The number of benzene rings is 1. The molecule has 0 radical (unpaired) electrons. The molecule has 0 aliphatic carbocycles. The molecule has 0 saturated heterocycles. The highest BCUT2D eigenvalue weighted by Crippen LogP contribution is 2.19. The first-order valence-corrected chi connectivity index (χ1v) is 6.53. The lowest BCUT2D eigenvalue weighted by molar-refractivity contribution is 0.0164. The van der Waals surface area contributed by atoms with Gasteiger partial charge >= 0.3 is 0 Å². The third-order valence-electron chi connectivity index (χ3n) is 2.67. The molecule has 1 aromatic heterocycles. The molecule has 1 heterocycles. The van der Waals surface area contributed by atoms with E-state index in [1.807, 2.05) is 38.2 Å². The van der Waals surface area contributed by atoms with Gasteiger partial charge in [-0.25, -0.2) is 4.98 Å². The fraction of sp³-hybridized carbons (Fsp3) is 0.429. The molecule has 0 aliphatic rings. The van der Waals surface area contributed by atoms with Crippen LogP contribution in [-0.4, -0.2) is 45.8 Å². The van der Waals surface area contributed by atoms with E-state index in [2.05, 4.69) is 10.1 Å². The van der Waals surface area contributed by atoms with Crippen LogP contribution in [0.1, 0.15) is 6.92 Å². The van der Waals surface area contributed by atoms with Gasteiger partial charge in [0, 0.05) is 19.2 Å². The molecule has 0 spiro atoms. The van der Waals surface area contributed by atoms with E-state index in [1.165, 1.54) is 0 Å². The van der Waals surface area contributed by atoms with E-state index in [-0.39, 0.29) is 13.2 Å². The van der Waals surface area contributed by atoms with E-state index < -0.39 is 6.10 Å². The largest absolute Gasteiger partial charge is 0.491 e. The Labute approximate surface area is 118 Å². The van der Waals surface area contributed by atoms with Crippen LogP contribution in [0.2, 0.25) is 0 Å². The van der Waals surface area contributed by atoms with Crippen molar-refractivity contribution in [2.45, 2.75) is 13.0 Å². The second-order valence-corrected chi connectivity index (χ2v) is 4.39. The molecule has 20 heavy (non-hydrogen) atoms. The van der Waals surface area contributed by atoms with Gasteiger partial charge in [-0.3, -0.25) is 4.68 Å². The van der Waals surface area contributed by atoms with Gasteiger partial charge in [-0.15, -0.1) is 0 Å². The number of hydrogen-bond donors (Lipinski definition) is 1. The van der Waals surface area contributed by atoms with Crippen LogP contribution in [0.25, 0.3) is 11.4 Å². The second-order valence-electron chi connectivity index (χ2n) is 4.39. The molecular weight excluding hydrogens is 258 g/mol. The highest BCUT2D eigenvalue weighted by atomic mass is 16.5. The second kappa shape index (κ2) is 7.02. The summed E-state index contributed by atoms with van der Waals surface area (Å²) < 4.78 is 12.3. The van der Waals surface area contributed by atoms with Gasteiger partial charge < -0.3 is 14.6 Å². The van der Waals surface area contributed by atoms with Crippen molar-refractivity contribution >= 4 is 0 Å². The monoisotopic (exact) mass is 277 g/mol. The number of aliphatic hydroxyl groups excluding tert-OH is 1. The van der Waals surface area contributed by atoms with Gasteiger partial charge in [0.05, 0.1) is 6.61 Å². The van der Waals surface area contributed by atoms with Gasteiger partial charge in [-0.1, -0.05) is 0 Å². The maximum atomic E-state index is 9.60. The first-order chi connectivity index (χ1) is 9.69. The Hall–Kier alpha value is -1.92. The van der Waals surface area contributed by atoms with Crippen molar-refractivity contribution in [1.29, 1.82) is 0 Å². The quantitative estimate of drug-likeness (QED) is 0.825. The molecule has 0 amide bonds. The van der Waals surface area contributed by atoms with E-state index in [0.29, 0.717) is 18.2 Å². The summed E-state index contributed by atoms with van der Waals surface area (Å²) >= 11 is 0. The van der Waals surface area contributed by atoms with Crippen molar-refractivity contribution in [1.82, 2.24) is 14.8 Å². The Morgan fingerprint density at radius 1 is 1.25 bits per heavy atom. The molecule has 108 valence electrons. The van der Waals surface area contributed by atoms with Crippen molar-refractivity contribution in [2.24, 2.45) is 7.05 Å². The third kappa shape index (κ3) is 4.04. The predicted octanol–water partition coefficient (Wildman–Crippen LogP) is 1.26. The average Bonchev–Trinajstić information content (AvgIpc) is 2.90. The Morgan fingerprint density at radius 2 is 2.00 bits per heavy atom. The lowest BCUT2D eigenvalue weighted by Gasteiger charge is -2.12. The standard InChI is InChI=1S/C14H19N3O3/c1-3-19-8-12(18)9-20-13-6-4-11(5-7-13)14-15-10-17(2)16-14/h4-7,10,12,18H,3,8-9H2,1-2H3/t12-/m0/s1. The molecular formula is C14H19N3O3. The summed E-state index contributed by atoms with van der Waals surface area (Å²) in [6.07, 6.45) is 1.04. The van der Waals surface area contributed by atoms with Crippen LogP contribution >= 0.6 is 0 Å². The molecule has 6 heteroatoms. The van der Waals surface area contributed by atoms with Crippen LogP contribution in [0.3, 0.4) is 0 Å². The lowest BCUT2D eigenvalue weighted by Crippen LogP contribution is -2.23. The number of rotatable bonds is 7. The summed E-state index contributed by atoms with van der Waals surface area (Å²) in [5, 5.41) is 13.8. The first kappa shape index (κ1) is 14.5. The summed E-state index contributed by atoms with van der Waals surface area (Å²) in [7, 11) is 1.83. The zero-order valence-corrected chi connectivity index (χ0v) is 11.7. The molecule has 0 bridgehead atoms. The van der Waals surface area contributed by atoms with E-state index in [9.17, 15) is 5.11 Å². The topological polar surface area (TPSA) is 69.4 Å². The maximum Gasteiger partial charge on any atom is 0.181 e. The van der Waals surface area contributed by atoms with Crippen molar-refractivity contribution in [3.63, 3.8) is 0 Å². The van der Waals surface area contributed by atoms with Gasteiger partial charge in [0.25, 0.3) is 0 Å². The van der Waals surface area contributed by atoms with Gasteiger partial charge in [0.15, 0.2) is 5.82 Å². The molecule has 1 atom stereocenters. The summed E-state index contributed by atoms with van der Waals surface area (Å²) in [6, 6.07) is 7.44. The van der Waals surface area contributed by atoms with Gasteiger partial charge in [0.2, 0.25) is 0 Å². The van der Waals surface area contributed by atoms with Crippen molar-refractivity contribution in [3.05, 3.63) is 30.6 Å². The van der Waals surface area contributed by atoms with Crippen molar-refractivity contribution < 1.29 is 14.6 Å². The zero-order chi connectivity index (χ0) is 14.4. The van der Waals surface area contributed by atoms with E-state index in [0.717, 1.165) is 5.56 Å². The van der Waals surface area contributed by atoms with Crippen LogP contribution in [0, 0.1) is 0 Å². The Balaban J connectivity index is 1.88. The number of nitrogens with zero attached hydrogens (tertiary/aromatic N) is 3. The fourth-order valence-corrected chi connectivity index (χ4v) is 1.67. The van der Waals surface area contributed by atoms with Crippen LogP contribution in [0.15, 0.2) is 30.6 Å². The van der Waals surface area contributed by atoms with Crippen LogP contribution in [-0.2, 0) is 11.8 Å². The molecule has 2 rings (SSSR count). The SMILES string of the molecule is CCOC[C@H](O)COc1ccc(-c2ncn(C)n2)cc1.